The van der Waals surface area contributed by atoms with Gasteiger partial charge in [-0.3, -0.25) is 9.78 Å². The fourth-order valence-corrected chi connectivity index (χ4v) is 5.68. The van der Waals surface area contributed by atoms with Crippen molar-refractivity contribution in [2.24, 2.45) is 0 Å². The summed E-state index contributed by atoms with van der Waals surface area (Å²) in [5.41, 5.74) is 5.40. The lowest BCUT2D eigenvalue weighted by atomic mass is 9.81. The van der Waals surface area contributed by atoms with Gasteiger partial charge in [-0.2, -0.15) is 5.26 Å². The van der Waals surface area contributed by atoms with Gasteiger partial charge in [0.1, 0.15) is 17.4 Å². The average Bonchev–Trinajstić information content (AvgIpc) is 3.52. The van der Waals surface area contributed by atoms with E-state index in [1.54, 1.807) is 18.5 Å². The molecule has 1 N–H and O–H groups in total. The molecule has 9 heteroatoms. The number of fused-ring (bicyclic) bond motifs is 2. The first-order valence-electron chi connectivity index (χ1n) is 13.1. The Morgan fingerprint density at radius 1 is 1.26 bits per heavy atom. The van der Waals surface area contributed by atoms with E-state index in [1.165, 1.54) is 11.1 Å². The van der Waals surface area contributed by atoms with Crippen LogP contribution >= 0.6 is 0 Å². The van der Waals surface area contributed by atoms with Gasteiger partial charge >= 0.3 is 0 Å². The predicted molar refractivity (Wildman–Crippen MR) is 145 cm³/mol. The summed E-state index contributed by atoms with van der Waals surface area (Å²) in [5, 5.41) is 12.6. The van der Waals surface area contributed by atoms with Crippen LogP contribution in [0.25, 0.3) is 0 Å². The standard InChI is InChI=1S/C29H35N7O2/c1-6-38-25-13-24(33-15-22(25)14-30)19(2)36-18-29(7-8-29)26-21(17-34(4)5)11-20(12-23(26)27(36)37)16-35-10-9-32-28(35)31-3/h9-13,15,19H,6-8,16-18H2,1-5H3,(H,31,32). The largest absolute Gasteiger partial charge is 0.492 e. The van der Waals surface area contributed by atoms with Crippen LogP contribution in [0.3, 0.4) is 0 Å². The number of amides is 1. The third kappa shape index (κ3) is 4.61. The van der Waals surface area contributed by atoms with Crippen LogP contribution in [-0.4, -0.2) is 64.5 Å². The second-order valence-electron chi connectivity index (χ2n) is 10.6. The summed E-state index contributed by atoms with van der Waals surface area (Å²) < 4.78 is 7.75. The number of nitrogens with zero attached hydrogens (tertiary/aromatic N) is 6. The fourth-order valence-electron chi connectivity index (χ4n) is 5.68. The molecule has 2 aromatic heterocycles. The number of carbonyl (C=O) groups is 1. The van der Waals surface area contributed by atoms with Crippen LogP contribution in [0.2, 0.25) is 0 Å². The van der Waals surface area contributed by atoms with Crippen molar-refractivity contribution in [3.8, 4) is 11.8 Å². The van der Waals surface area contributed by atoms with Crippen molar-refractivity contribution >= 4 is 11.9 Å². The van der Waals surface area contributed by atoms with Crippen molar-refractivity contribution in [2.75, 3.05) is 39.6 Å². The molecule has 1 fully saturated rings. The molecule has 1 aromatic carbocycles. The number of imidazole rings is 1. The average molecular weight is 514 g/mol. The second-order valence-corrected chi connectivity index (χ2v) is 10.6. The van der Waals surface area contributed by atoms with Crippen molar-refractivity contribution in [3.63, 3.8) is 0 Å². The minimum atomic E-state index is -0.259. The predicted octanol–water partition coefficient (Wildman–Crippen LogP) is 3.95. The molecule has 0 radical (unpaired) electrons. The molecule has 38 heavy (non-hydrogen) atoms. The zero-order chi connectivity index (χ0) is 27.0. The first-order valence-corrected chi connectivity index (χ1v) is 13.1. The van der Waals surface area contributed by atoms with Crippen LogP contribution in [0.1, 0.15) is 71.0 Å². The van der Waals surface area contributed by atoms with Crippen molar-refractivity contribution in [3.05, 3.63) is 70.3 Å². The summed E-state index contributed by atoms with van der Waals surface area (Å²) >= 11 is 0. The highest BCUT2D eigenvalue weighted by atomic mass is 16.5. The maximum Gasteiger partial charge on any atom is 0.254 e. The molecular weight excluding hydrogens is 478 g/mol. The number of carbonyl (C=O) groups excluding carboxylic acids is 1. The van der Waals surface area contributed by atoms with Gasteiger partial charge in [-0.1, -0.05) is 6.07 Å². The Bertz CT molecular complexity index is 1400. The minimum absolute atomic E-state index is 0.0236. The fraction of sp³-hybridized carbons (Fsp3) is 0.448. The molecule has 0 saturated heterocycles. The Morgan fingerprint density at radius 3 is 2.71 bits per heavy atom. The first-order chi connectivity index (χ1) is 18.3. The smallest absolute Gasteiger partial charge is 0.254 e. The molecule has 3 aromatic rings. The zero-order valence-corrected chi connectivity index (χ0v) is 22.8. The number of hydrogen-bond donors (Lipinski definition) is 1. The highest BCUT2D eigenvalue weighted by Crippen LogP contribution is 2.55. The van der Waals surface area contributed by atoms with Gasteiger partial charge in [0.15, 0.2) is 0 Å². The van der Waals surface area contributed by atoms with E-state index in [2.05, 4.69) is 57.0 Å². The number of nitriles is 1. The molecule has 0 bridgehead atoms. The van der Waals surface area contributed by atoms with Crippen molar-refractivity contribution in [1.29, 1.82) is 5.26 Å². The van der Waals surface area contributed by atoms with E-state index >= 15 is 0 Å². The van der Waals surface area contributed by atoms with Gasteiger partial charge in [-0.15, -0.1) is 0 Å². The van der Waals surface area contributed by atoms with E-state index in [4.69, 9.17) is 4.74 Å². The van der Waals surface area contributed by atoms with E-state index in [-0.39, 0.29) is 17.4 Å². The number of anilines is 1. The quantitative estimate of drug-likeness (QED) is 0.463. The first kappa shape index (κ1) is 25.7. The maximum absolute atomic E-state index is 14.2. The molecule has 1 aliphatic carbocycles. The molecule has 1 saturated carbocycles. The van der Waals surface area contributed by atoms with Gasteiger partial charge in [-0.05, 0) is 63.5 Å². The van der Waals surface area contributed by atoms with E-state index in [0.29, 0.717) is 31.0 Å². The molecule has 5 rings (SSSR count). The number of benzene rings is 1. The van der Waals surface area contributed by atoms with Crippen LogP contribution in [0.5, 0.6) is 5.75 Å². The molecular formula is C29H35N7O2. The molecule has 3 heterocycles. The molecule has 1 unspecified atom stereocenters. The molecule has 1 atom stereocenters. The molecule has 198 valence electrons. The number of aromatic nitrogens is 3. The Labute approximate surface area is 224 Å². The Kier molecular flexibility index (Phi) is 6.84. The third-order valence-electron chi connectivity index (χ3n) is 7.61. The Hall–Kier alpha value is -3.90. The van der Waals surface area contributed by atoms with Crippen LogP contribution in [-0.2, 0) is 18.5 Å². The molecule has 2 aliphatic rings. The van der Waals surface area contributed by atoms with E-state index < -0.39 is 0 Å². The number of ether oxygens (including phenoxy) is 1. The number of pyridine rings is 1. The summed E-state index contributed by atoms with van der Waals surface area (Å²) in [4.78, 5) is 27.2. The van der Waals surface area contributed by atoms with Crippen molar-refractivity contribution < 1.29 is 9.53 Å². The van der Waals surface area contributed by atoms with Gasteiger partial charge in [0, 0.05) is 55.8 Å². The summed E-state index contributed by atoms with van der Waals surface area (Å²) in [6.07, 6.45) is 7.39. The maximum atomic E-state index is 14.2. The highest BCUT2D eigenvalue weighted by molar-refractivity contribution is 5.98. The number of rotatable bonds is 9. The minimum Gasteiger partial charge on any atom is -0.492 e. The zero-order valence-electron chi connectivity index (χ0n) is 22.8. The van der Waals surface area contributed by atoms with Crippen LogP contribution < -0.4 is 10.1 Å². The molecule has 1 spiro atoms. The lowest BCUT2D eigenvalue weighted by Crippen LogP contribution is -2.45. The molecule has 1 aliphatic heterocycles. The van der Waals surface area contributed by atoms with Gasteiger partial charge in [0.25, 0.3) is 5.91 Å². The number of hydrogen-bond acceptors (Lipinski definition) is 7. The van der Waals surface area contributed by atoms with E-state index in [1.807, 2.05) is 32.0 Å². The SMILES string of the molecule is CCOc1cc(C(C)N2CC3(CC3)c3c(CN(C)C)cc(Cn4ccnc4NC)cc3C2=O)ncc1C#N. The topological polar surface area (TPSA) is 99.3 Å². The lowest BCUT2D eigenvalue weighted by Gasteiger charge is -2.40. The van der Waals surface area contributed by atoms with Gasteiger partial charge in [0.05, 0.1) is 24.9 Å². The van der Waals surface area contributed by atoms with Gasteiger partial charge < -0.3 is 24.4 Å². The van der Waals surface area contributed by atoms with Crippen LogP contribution in [0, 0.1) is 11.3 Å². The third-order valence-corrected chi connectivity index (χ3v) is 7.61. The summed E-state index contributed by atoms with van der Waals surface area (Å²) in [6, 6.07) is 8.03. The van der Waals surface area contributed by atoms with E-state index in [0.717, 1.165) is 42.2 Å². The monoisotopic (exact) mass is 513 g/mol. The van der Waals surface area contributed by atoms with Gasteiger partial charge in [-0.25, -0.2) is 4.98 Å². The normalized spacial score (nSPS) is 16.3. The van der Waals surface area contributed by atoms with Gasteiger partial charge in [0.2, 0.25) is 5.95 Å². The van der Waals surface area contributed by atoms with Crippen LogP contribution in [0.15, 0.2) is 36.8 Å². The van der Waals surface area contributed by atoms with E-state index in [9.17, 15) is 10.1 Å². The Balaban J connectivity index is 1.56. The molecule has 9 nitrogen and oxygen atoms in total. The van der Waals surface area contributed by atoms with Crippen LogP contribution in [0.4, 0.5) is 5.95 Å². The summed E-state index contributed by atoms with van der Waals surface area (Å²) in [7, 11) is 6.00. The summed E-state index contributed by atoms with van der Waals surface area (Å²) in [6.45, 7) is 6.41. The summed E-state index contributed by atoms with van der Waals surface area (Å²) in [5.74, 6) is 1.32. The second kappa shape index (κ2) is 10.1. The highest BCUT2D eigenvalue weighted by Gasteiger charge is 2.53. The number of nitrogens with one attached hydrogen (secondary N) is 1. The molecule has 1 amide bonds. The Morgan fingerprint density at radius 2 is 2.05 bits per heavy atom. The van der Waals surface area contributed by atoms with Crippen molar-refractivity contribution in [2.45, 2.75) is 51.2 Å². The lowest BCUT2D eigenvalue weighted by molar-refractivity contribution is 0.0633. The van der Waals surface area contributed by atoms with Crippen molar-refractivity contribution in [1.82, 2.24) is 24.3 Å².